The van der Waals surface area contributed by atoms with Crippen LogP contribution in [0.2, 0.25) is 0 Å². The topological polar surface area (TPSA) is 26.3 Å². The molecule has 0 rings (SSSR count). The Balaban J connectivity index is 3.61. The van der Waals surface area contributed by atoms with Crippen molar-refractivity contribution >= 4 is 0 Å². The molecule has 0 aromatic heterocycles. The summed E-state index contributed by atoms with van der Waals surface area (Å²) in [5, 5.41) is 11.2. The molecule has 2 nitrogen and oxygen atoms in total. The maximum atomic E-state index is 10.4. The summed E-state index contributed by atoms with van der Waals surface area (Å²) in [4.78, 5) is 0. The monoisotopic (exact) mass is 114 g/mol. The summed E-state index contributed by atoms with van der Waals surface area (Å²) in [5.41, 5.74) is 0.785. The van der Waals surface area contributed by atoms with Gasteiger partial charge in [-0.3, -0.25) is 0 Å². The second kappa shape index (κ2) is 3.50. The third kappa shape index (κ3) is 2.64. The van der Waals surface area contributed by atoms with E-state index in [-0.39, 0.29) is 0 Å². The summed E-state index contributed by atoms with van der Waals surface area (Å²) in [6.07, 6.45) is 2.82. The number of rotatable bonds is 2. The molecule has 0 amide bonds. The smallest absolute Gasteiger partial charge is 0.00487 e. The lowest BCUT2D eigenvalue weighted by molar-refractivity contribution is 0.570. The summed E-state index contributed by atoms with van der Waals surface area (Å²) in [6.45, 7) is 3.81. The average molecular weight is 114 g/mol. The number of allylic oxidation sites excluding steroid dienone is 2. The molecule has 0 bridgehead atoms. The molecule has 0 saturated heterocycles. The lowest BCUT2D eigenvalue weighted by atomic mass is 10.4. The molecule has 0 aromatic rings. The van der Waals surface area contributed by atoms with Crippen LogP contribution in [0.25, 0.3) is 0 Å². The first-order valence-corrected chi connectivity index (χ1v) is 2.76. The van der Waals surface area contributed by atoms with Crippen LogP contribution in [0.1, 0.15) is 20.3 Å². The zero-order chi connectivity index (χ0) is 6.57. The van der Waals surface area contributed by atoms with E-state index in [4.69, 9.17) is 0 Å². The van der Waals surface area contributed by atoms with Crippen molar-refractivity contribution in [3.05, 3.63) is 17.0 Å². The predicted molar refractivity (Wildman–Crippen MR) is 35.2 cm³/mol. The van der Waals surface area contributed by atoms with Gasteiger partial charge in [0.1, 0.15) is 0 Å². The molecule has 0 spiro atoms. The standard InChI is InChI=1S/C6H12NO/c1-4-5-6(2)7(3)8/h5H,4H2,1-3H3/q-1/b6-5+. The van der Waals surface area contributed by atoms with Crippen molar-refractivity contribution < 1.29 is 0 Å². The highest BCUT2D eigenvalue weighted by Crippen LogP contribution is 1.97. The molecule has 0 aromatic carbocycles. The van der Waals surface area contributed by atoms with E-state index in [2.05, 4.69) is 0 Å². The molecule has 48 valence electrons. The molecule has 2 heteroatoms. The van der Waals surface area contributed by atoms with E-state index >= 15 is 0 Å². The minimum Gasteiger partial charge on any atom is -0.759 e. The molecular formula is C6H12NO-. The van der Waals surface area contributed by atoms with Crippen molar-refractivity contribution in [3.63, 3.8) is 0 Å². The van der Waals surface area contributed by atoms with Crippen molar-refractivity contribution in [2.75, 3.05) is 7.05 Å². The van der Waals surface area contributed by atoms with Gasteiger partial charge in [0.05, 0.1) is 0 Å². The summed E-state index contributed by atoms with van der Waals surface area (Å²) in [6, 6.07) is 0. The maximum Gasteiger partial charge on any atom is -0.00487 e. The highest BCUT2D eigenvalue weighted by atomic mass is 16.5. The molecule has 0 aliphatic rings. The van der Waals surface area contributed by atoms with Crippen molar-refractivity contribution in [2.45, 2.75) is 20.3 Å². The molecule has 0 saturated carbocycles. The summed E-state index contributed by atoms with van der Waals surface area (Å²) < 4.78 is 0. The fraction of sp³-hybridized carbons (Fsp3) is 0.667. The van der Waals surface area contributed by atoms with Gasteiger partial charge >= 0.3 is 0 Å². The SMILES string of the molecule is CC/C=C(\C)N(C)[O-]. The number of nitrogens with zero attached hydrogens (tertiary/aromatic N) is 1. The highest BCUT2D eigenvalue weighted by molar-refractivity contribution is 4.95. The molecule has 8 heavy (non-hydrogen) atoms. The lowest BCUT2D eigenvalue weighted by Crippen LogP contribution is -2.04. The molecule has 0 heterocycles. The van der Waals surface area contributed by atoms with E-state index in [1.54, 1.807) is 6.92 Å². The average Bonchev–Trinajstić information content (AvgIpc) is 1.67. The largest absolute Gasteiger partial charge is 0.759 e. The van der Waals surface area contributed by atoms with Crippen LogP contribution >= 0.6 is 0 Å². The second-order valence-electron chi connectivity index (χ2n) is 1.75. The molecule has 0 aliphatic carbocycles. The van der Waals surface area contributed by atoms with E-state index in [0.29, 0.717) is 0 Å². The van der Waals surface area contributed by atoms with Gasteiger partial charge in [-0.25, -0.2) is 0 Å². The molecular weight excluding hydrogens is 102 g/mol. The van der Waals surface area contributed by atoms with E-state index in [9.17, 15) is 5.21 Å². The zero-order valence-corrected chi connectivity index (χ0v) is 5.64. The maximum absolute atomic E-state index is 10.4. The van der Waals surface area contributed by atoms with E-state index in [0.717, 1.165) is 17.2 Å². The molecule has 0 atom stereocenters. The minimum absolute atomic E-state index is 0.785. The molecule has 0 unspecified atom stereocenters. The van der Waals surface area contributed by atoms with Gasteiger partial charge in [0.15, 0.2) is 0 Å². The first-order chi connectivity index (χ1) is 3.68. The van der Waals surface area contributed by atoms with Crippen molar-refractivity contribution in [2.24, 2.45) is 0 Å². The van der Waals surface area contributed by atoms with Crippen LogP contribution in [0.4, 0.5) is 0 Å². The van der Waals surface area contributed by atoms with Gasteiger partial charge in [0, 0.05) is 0 Å². The molecule has 0 radical (unpaired) electrons. The normalized spacial score (nSPS) is 11.8. The van der Waals surface area contributed by atoms with Gasteiger partial charge in [0.2, 0.25) is 0 Å². The Bertz CT molecular complexity index is 86.5. The molecule has 0 aliphatic heterocycles. The Morgan fingerprint density at radius 3 is 2.38 bits per heavy atom. The van der Waals surface area contributed by atoms with E-state index < -0.39 is 0 Å². The first-order valence-electron chi connectivity index (χ1n) is 2.76. The van der Waals surface area contributed by atoms with Gasteiger partial charge < -0.3 is 10.3 Å². The molecule has 0 N–H and O–H groups in total. The second-order valence-corrected chi connectivity index (χ2v) is 1.75. The Hall–Kier alpha value is -0.500. The minimum atomic E-state index is 0.785. The van der Waals surface area contributed by atoms with Crippen molar-refractivity contribution in [1.82, 2.24) is 5.06 Å². The van der Waals surface area contributed by atoms with Crippen LogP contribution in [-0.2, 0) is 0 Å². The molecule has 0 fully saturated rings. The van der Waals surface area contributed by atoms with Crippen LogP contribution < -0.4 is 0 Å². The predicted octanol–water partition coefficient (Wildman–Crippen LogP) is 1.73. The Morgan fingerprint density at radius 2 is 2.25 bits per heavy atom. The number of hydrogen-bond donors (Lipinski definition) is 0. The third-order valence-electron chi connectivity index (χ3n) is 0.996. The van der Waals surface area contributed by atoms with Gasteiger partial charge in [-0.2, -0.15) is 0 Å². The number of hydrogen-bond acceptors (Lipinski definition) is 2. The third-order valence-corrected chi connectivity index (χ3v) is 0.996. The van der Waals surface area contributed by atoms with Crippen LogP contribution in [0.15, 0.2) is 11.8 Å². The Labute approximate surface area is 50.4 Å². The summed E-state index contributed by atoms with van der Waals surface area (Å²) in [5.74, 6) is 0. The van der Waals surface area contributed by atoms with Gasteiger partial charge in [-0.05, 0) is 26.1 Å². The lowest BCUT2D eigenvalue weighted by Gasteiger charge is -2.25. The van der Waals surface area contributed by atoms with Gasteiger partial charge in [-0.15, -0.1) is 0 Å². The van der Waals surface area contributed by atoms with Crippen LogP contribution in [0, 0.1) is 5.21 Å². The quantitative estimate of drug-likeness (QED) is 0.511. The van der Waals surface area contributed by atoms with Crippen molar-refractivity contribution in [3.8, 4) is 0 Å². The zero-order valence-electron chi connectivity index (χ0n) is 5.64. The fourth-order valence-corrected chi connectivity index (χ4v) is 0.424. The van der Waals surface area contributed by atoms with Crippen LogP contribution in [0.5, 0.6) is 0 Å². The van der Waals surface area contributed by atoms with E-state index in [1.165, 1.54) is 7.05 Å². The van der Waals surface area contributed by atoms with Crippen molar-refractivity contribution in [1.29, 1.82) is 0 Å². The van der Waals surface area contributed by atoms with Crippen LogP contribution in [-0.4, -0.2) is 12.1 Å². The van der Waals surface area contributed by atoms with Gasteiger partial charge in [0.25, 0.3) is 0 Å². The first kappa shape index (κ1) is 7.50. The van der Waals surface area contributed by atoms with E-state index in [1.807, 2.05) is 13.0 Å². The highest BCUT2D eigenvalue weighted by Gasteiger charge is 1.79. The fourth-order valence-electron chi connectivity index (χ4n) is 0.424. The Morgan fingerprint density at radius 1 is 1.75 bits per heavy atom. The summed E-state index contributed by atoms with van der Waals surface area (Å²) >= 11 is 0. The van der Waals surface area contributed by atoms with Crippen LogP contribution in [0.3, 0.4) is 0 Å². The summed E-state index contributed by atoms with van der Waals surface area (Å²) in [7, 11) is 1.50. The van der Waals surface area contributed by atoms with Gasteiger partial charge in [-0.1, -0.05) is 13.0 Å². The Kier molecular flexibility index (Phi) is 3.28. The number of hydroxylamine groups is 2.